The molecule has 4 rings (SSSR count). The quantitative estimate of drug-likeness (QED) is 0.705. The smallest absolute Gasteiger partial charge is 0.278 e. The molecule has 0 radical (unpaired) electrons. The minimum absolute atomic E-state index is 0.0495. The molecule has 3 aromatic rings. The molecule has 0 spiro atoms. The lowest BCUT2D eigenvalue weighted by Gasteiger charge is -2.30. The zero-order valence-electron chi connectivity index (χ0n) is 14.6. The summed E-state index contributed by atoms with van der Waals surface area (Å²) in [7, 11) is 0. The van der Waals surface area contributed by atoms with Crippen LogP contribution in [0.1, 0.15) is 30.1 Å². The molecule has 1 fully saturated rings. The SMILES string of the molecule is O=C(Cc1ccc(F)cc1)N1CCC(c2noc(-c3cnccn3)n2)CC1. The molecule has 7 nitrogen and oxygen atoms in total. The summed E-state index contributed by atoms with van der Waals surface area (Å²) in [4.78, 5) is 26.9. The van der Waals surface area contributed by atoms with Crippen LogP contribution in [-0.4, -0.2) is 44.0 Å². The Bertz CT molecular complexity index is 905. The van der Waals surface area contributed by atoms with Gasteiger partial charge < -0.3 is 9.42 Å². The molecular formula is C19H18FN5O2. The van der Waals surface area contributed by atoms with Gasteiger partial charge in [0.15, 0.2) is 5.82 Å². The molecule has 1 amide bonds. The summed E-state index contributed by atoms with van der Waals surface area (Å²) in [5, 5.41) is 4.07. The zero-order valence-corrected chi connectivity index (χ0v) is 14.6. The van der Waals surface area contributed by atoms with Gasteiger partial charge >= 0.3 is 0 Å². The van der Waals surface area contributed by atoms with Crippen molar-refractivity contribution in [3.8, 4) is 11.6 Å². The Morgan fingerprint density at radius 2 is 1.96 bits per heavy atom. The molecule has 0 saturated carbocycles. The van der Waals surface area contributed by atoms with Gasteiger partial charge in [-0.15, -0.1) is 0 Å². The largest absolute Gasteiger partial charge is 0.342 e. The fourth-order valence-electron chi connectivity index (χ4n) is 3.19. The van der Waals surface area contributed by atoms with E-state index in [2.05, 4.69) is 20.1 Å². The van der Waals surface area contributed by atoms with Gasteiger partial charge in [0.25, 0.3) is 5.89 Å². The second kappa shape index (κ2) is 7.61. The number of carbonyl (C=O) groups is 1. The Balaban J connectivity index is 1.34. The van der Waals surface area contributed by atoms with Gasteiger partial charge in [-0.3, -0.25) is 9.78 Å². The summed E-state index contributed by atoms with van der Waals surface area (Å²) >= 11 is 0. The molecule has 0 N–H and O–H groups in total. The molecule has 8 heteroatoms. The van der Waals surface area contributed by atoms with Crippen LogP contribution in [0.15, 0.2) is 47.4 Å². The van der Waals surface area contributed by atoms with Crippen LogP contribution in [0, 0.1) is 5.82 Å². The molecule has 0 aliphatic carbocycles. The van der Waals surface area contributed by atoms with Gasteiger partial charge in [-0.25, -0.2) is 9.37 Å². The van der Waals surface area contributed by atoms with Crippen molar-refractivity contribution in [1.82, 2.24) is 25.0 Å². The van der Waals surface area contributed by atoms with E-state index in [0.29, 0.717) is 30.5 Å². The van der Waals surface area contributed by atoms with Crippen LogP contribution in [0.2, 0.25) is 0 Å². The predicted molar refractivity (Wildman–Crippen MR) is 94.0 cm³/mol. The van der Waals surface area contributed by atoms with E-state index in [4.69, 9.17) is 4.52 Å². The third kappa shape index (κ3) is 3.99. The van der Waals surface area contributed by atoms with Gasteiger partial charge in [0, 0.05) is 31.4 Å². The van der Waals surface area contributed by atoms with E-state index in [-0.39, 0.29) is 24.1 Å². The van der Waals surface area contributed by atoms with Crippen LogP contribution in [-0.2, 0) is 11.2 Å². The van der Waals surface area contributed by atoms with Gasteiger partial charge in [-0.1, -0.05) is 17.3 Å². The number of piperidine rings is 1. The second-order valence-corrected chi connectivity index (χ2v) is 6.51. The zero-order chi connectivity index (χ0) is 18.6. The van der Waals surface area contributed by atoms with E-state index < -0.39 is 0 Å². The minimum atomic E-state index is -0.298. The molecular weight excluding hydrogens is 349 g/mol. The van der Waals surface area contributed by atoms with E-state index in [1.54, 1.807) is 30.7 Å². The summed E-state index contributed by atoms with van der Waals surface area (Å²) < 4.78 is 18.3. The summed E-state index contributed by atoms with van der Waals surface area (Å²) in [6, 6.07) is 6.04. The van der Waals surface area contributed by atoms with Crippen LogP contribution in [0.3, 0.4) is 0 Å². The highest BCUT2D eigenvalue weighted by Crippen LogP contribution is 2.27. The lowest BCUT2D eigenvalue weighted by Crippen LogP contribution is -2.39. The molecule has 1 saturated heterocycles. The van der Waals surface area contributed by atoms with Crippen molar-refractivity contribution in [1.29, 1.82) is 0 Å². The van der Waals surface area contributed by atoms with Gasteiger partial charge in [0.05, 0.1) is 12.6 Å². The topological polar surface area (TPSA) is 85.0 Å². The predicted octanol–water partition coefficient (Wildman–Crippen LogP) is 2.61. The number of nitrogens with zero attached hydrogens (tertiary/aromatic N) is 5. The number of rotatable bonds is 4. The van der Waals surface area contributed by atoms with E-state index in [0.717, 1.165) is 18.4 Å². The second-order valence-electron chi connectivity index (χ2n) is 6.51. The maximum Gasteiger partial charge on any atom is 0.278 e. The lowest BCUT2D eigenvalue weighted by molar-refractivity contribution is -0.131. The molecule has 0 atom stereocenters. The third-order valence-corrected chi connectivity index (χ3v) is 4.71. The molecule has 3 heterocycles. The Hall–Kier alpha value is -3.16. The summed E-state index contributed by atoms with van der Waals surface area (Å²) in [5.74, 6) is 0.893. The van der Waals surface area contributed by atoms with Gasteiger partial charge in [-0.05, 0) is 30.5 Å². The van der Waals surface area contributed by atoms with Gasteiger partial charge in [-0.2, -0.15) is 4.98 Å². The monoisotopic (exact) mass is 367 g/mol. The number of carbonyl (C=O) groups excluding carboxylic acids is 1. The van der Waals surface area contributed by atoms with Crippen molar-refractivity contribution in [2.24, 2.45) is 0 Å². The molecule has 1 aromatic carbocycles. The van der Waals surface area contributed by atoms with Crippen LogP contribution in [0.25, 0.3) is 11.6 Å². The number of halogens is 1. The standard InChI is InChI=1S/C19H18FN5O2/c20-15-3-1-13(2-4-15)11-17(26)25-9-5-14(6-10-25)18-23-19(27-24-18)16-12-21-7-8-22-16/h1-4,7-8,12,14H,5-6,9-11H2. The number of aromatic nitrogens is 4. The van der Waals surface area contributed by atoms with Gasteiger partial charge in [0.2, 0.25) is 5.91 Å². The summed E-state index contributed by atoms with van der Waals surface area (Å²) in [6.07, 6.45) is 6.56. The molecule has 1 aliphatic heterocycles. The number of amides is 1. The van der Waals surface area contributed by atoms with E-state index in [9.17, 15) is 9.18 Å². The highest BCUT2D eigenvalue weighted by Gasteiger charge is 2.27. The Kier molecular flexibility index (Phi) is 4.86. The highest BCUT2D eigenvalue weighted by atomic mass is 19.1. The Labute approximate surface area is 155 Å². The first-order chi connectivity index (χ1) is 13.2. The number of hydrogen-bond acceptors (Lipinski definition) is 6. The summed E-state index contributed by atoms with van der Waals surface area (Å²) in [6.45, 7) is 1.28. The fourth-order valence-corrected chi connectivity index (χ4v) is 3.19. The first-order valence-electron chi connectivity index (χ1n) is 8.81. The average Bonchev–Trinajstić information content (AvgIpc) is 3.21. The van der Waals surface area contributed by atoms with Gasteiger partial charge in [0.1, 0.15) is 11.5 Å². The van der Waals surface area contributed by atoms with Crippen LogP contribution in [0.5, 0.6) is 0 Å². The van der Waals surface area contributed by atoms with Crippen molar-refractivity contribution >= 4 is 5.91 Å². The number of hydrogen-bond donors (Lipinski definition) is 0. The molecule has 1 aliphatic rings. The van der Waals surface area contributed by atoms with E-state index in [1.165, 1.54) is 12.1 Å². The Morgan fingerprint density at radius 1 is 1.19 bits per heavy atom. The average molecular weight is 367 g/mol. The summed E-state index contributed by atoms with van der Waals surface area (Å²) in [5.41, 5.74) is 1.36. The minimum Gasteiger partial charge on any atom is -0.342 e. The maximum atomic E-state index is 13.0. The van der Waals surface area contributed by atoms with Crippen molar-refractivity contribution < 1.29 is 13.7 Å². The maximum absolute atomic E-state index is 13.0. The fraction of sp³-hybridized carbons (Fsp3) is 0.316. The number of benzene rings is 1. The highest BCUT2D eigenvalue weighted by molar-refractivity contribution is 5.78. The normalized spacial score (nSPS) is 15.1. The molecule has 27 heavy (non-hydrogen) atoms. The first-order valence-corrected chi connectivity index (χ1v) is 8.81. The molecule has 2 aromatic heterocycles. The van der Waals surface area contributed by atoms with Crippen molar-refractivity contribution in [3.63, 3.8) is 0 Å². The van der Waals surface area contributed by atoms with Crippen molar-refractivity contribution in [3.05, 3.63) is 60.1 Å². The number of likely N-dealkylation sites (tertiary alicyclic amines) is 1. The van der Waals surface area contributed by atoms with Crippen molar-refractivity contribution in [2.75, 3.05) is 13.1 Å². The van der Waals surface area contributed by atoms with Crippen LogP contribution < -0.4 is 0 Å². The van der Waals surface area contributed by atoms with E-state index in [1.807, 2.05) is 4.90 Å². The first kappa shape index (κ1) is 17.3. The molecule has 0 unspecified atom stereocenters. The van der Waals surface area contributed by atoms with Crippen LogP contribution >= 0.6 is 0 Å². The lowest BCUT2D eigenvalue weighted by atomic mass is 9.95. The third-order valence-electron chi connectivity index (χ3n) is 4.71. The molecule has 138 valence electrons. The van der Waals surface area contributed by atoms with Crippen LogP contribution in [0.4, 0.5) is 4.39 Å². The van der Waals surface area contributed by atoms with E-state index >= 15 is 0 Å². The van der Waals surface area contributed by atoms with Crippen molar-refractivity contribution in [2.45, 2.75) is 25.2 Å². The molecule has 0 bridgehead atoms. The Morgan fingerprint density at radius 3 is 2.67 bits per heavy atom.